The van der Waals surface area contributed by atoms with Gasteiger partial charge in [-0.25, -0.2) is 14.4 Å². The Hall–Kier alpha value is -4.49. The molecule has 0 bridgehead atoms. The third-order valence-corrected chi connectivity index (χ3v) is 6.05. The molecule has 3 heterocycles. The molecule has 38 heavy (non-hydrogen) atoms. The average Bonchev–Trinajstić information content (AvgIpc) is 3.43. The van der Waals surface area contributed by atoms with Gasteiger partial charge in [-0.2, -0.15) is 13.2 Å². The molecule has 1 aromatic carbocycles. The highest BCUT2D eigenvalue weighted by Crippen LogP contribution is 2.59. The van der Waals surface area contributed by atoms with Crippen LogP contribution in [-0.2, 0) is 23.6 Å². The maximum atomic E-state index is 14.8. The Labute approximate surface area is 217 Å². The van der Waals surface area contributed by atoms with Gasteiger partial charge < -0.3 is 19.9 Å². The summed E-state index contributed by atoms with van der Waals surface area (Å²) in [5, 5.41) is 12.5. The van der Waals surface area contributed by atoms with Crippen LogP contribution >= 0.6 is 0 Å². The first kappa shape index (κ1) is 21.6. The Morgan fingerprint density at radius 1 is 1.24 bits per heavy atom. The Morgan fingerprint density at radius 2 is 2.00 bits per heavy atom. The fourth-order valence-electron chi connectivity index (χ4n) is 3.84. The number of amides is 1. The zero-order valence-electron chi connectivity index (χ0n) is 22.6. The maximum Gasteiger partial charge on any atom is 0.401 e. The van der Waals surface area contributed by atoms with Crippen molar-refractivity contribution in [2.24, 2.45) is 6.98 Å². The summed E-state index contributed by atoms with van der Waals surface area (Å²) in [4.78, 5) is 20.7. The van der Waals surface area contributed by atoms with Crippen LogP contribution in [0.3, 0.4) is 0 Å². The summed E-state index contributed by atoms with van der Waals surface area (Å²) in [5.41, 5.74) is -0.946. The van der Waals surface area contributed by atoms with Crippen molar-refractivity contribution < 1.29 is 35.7 Å². The van der Waals surface area contributed by atoms with Gasteiger partial charge in [0.15, 0.2) is 11.6 Å². The van der Waals surface area contributed by atoms with Gasteiger partial charge in [0.25, 0.3) is 5.88 Å². The number of halogens is 4. The van der Waals surface area contributed by atoms with E-state index >= 15 is 0 Å². The zero-order chi connectivity index (χ0) is 29.6. The summed E-state index contributed by atoms with van der Waals surface area (Å²) >= 11 is 0. The molecule has 4 aromatic rings. The topological polar surface area (TPSA) is 120 Å². The number of aryl methyl sites for hydroxylation is 1. The number of carbonyl (C=O) groups excluding carboxylic acids is 1. The highest BCUT2D eigenvalue weighted by Gasteiger charge is 2.66. The number of ether oxygens (including phenoxy) is 1. The average molecular weight is 534 g/mol. The minimum atomic E-state index is -4.49. The number of aromatic nitrogens is 5. The van der Waals surface area contributed by atoms with Crippen LogP contribution in [0.5, 0.6) is 5.88 Å². The van der Waals surface area contributed by atoms with E-state index in [2.05, 4.69) is 30.9 Å². The van der Waals surface area contributed by atoms with Crippen LogP contribution in [0.2, 0.25) is 0 Å². The largest absolute Gasteiger partial charge is 0.478 e. The van der Waals surface area contributed by atoms with Crippen molar-refractivity contribution >= 4 is 23.4 Å². The summed E-state index contributed by atoms with van der Waals surface area (Å²) in [6, 6.07) is 5.16. The van der Waals surface area contributed by atoms with E-state index in [1.165, 1.54) is 37.8 Å². The normalized spacial score (nSPS) is 15.8. The van der Waals surface area contributed by atoms with Crippen molar-refractivity contribution in [1.29, 1.82) is 0 Å². The SMILES string of the molecule is [2H]C([2H])([2H])n1cc(Nc2ncc(-c3ccc(CC(=O)Nc4cc(C5(C(F)(F)F)CC5)on4)c(F)c3)cn2)c(OC)n1. The highest BCUT2D eigenvalue weighted by molar-refractivity contribution is 5.91. The molecule has 1 aliphatic carbocycles. The minimum Gasteiger partial charge on any atom is -0.478 e. The van der Waals surface area contributed by atoms with Crippen molar-refractivity contribution in [3.05, 3.63) is 60.0 Å². The third-order valence-electron chi connectivity index (χ3n) is 6.05. The molecule has 0 spiro atoms. The molecule has 5 rings (SSSR count). The first-order valence-electron chi connectivity index (χ1n) is 12.6. The number of rotatable bonds is 8. The Bertz CT molecular complexity index is 1580. The molecule has 3 aromatic heterocycles. The van der Waals surface area contributed by atoms with Gasteiger partial charge >= 0.3 is 6.18 Å². The van der Waals surface area contributed by atoms with Gasteiger partial charge in [-0.05, 0) is 30.0 Å². The fraction of sp³-hybridized carbons (Fsp3) is 0.292. The van der Waals surface area contributed by atoms with Crippen LogP contribution in [0.1, 0.15) is 28.3 Å². The van der Waals surface area contributed by atoms with Crippen molar-refractivity contribution in [2.75, 3.05) is 17.7 Å². The molecular weight excluding hydrogens is 510 g/mol. The van der Waals surface area contributed by atoms with Gasteiger partial charge in [0.1, 0.15) is 16.9 Å². The first-order chi connectivity index (χ1) is 19.3. The van der Waals surface area contributed by atoms with Gasteiger partial charge in [-0.15, -0.1) is 5.10 Å². The summed E-state index contributed by atoms with van der Waals surface area (Å²) < 4.78 is 87.6. The number of nitrogens with zero attached hydrogens (tertiary/aromatic N) is 5. The molecule has 1 fully saturated rings. The smallest absolute Gasteiger partial charge is 0.401 e. The number of hydrogen-bond acceptors (Lipinski definition) is 8. The van der Waals surface area contributed by atoms with E-state index in [1.807, 2.05) is 0 Å². The summed E-state index contributed by atoms with van der Waals surface area (Å²) in [5.74, 6) is -1.82. The maximum absolute atomic E-state index is 14.8. The Morgan fingerprint density at radius 3 is 2.63 bits per heavy atom. The second-order valence-electron chi connectivity index (χ2n) is 8.60. The molecule has 14 heteroatoms. The van der Waals surface area contributed by atoms with Gasteiger partial charge in [-0.1, -0.05) is 17.3 Å². The lowest BCUT2D eigenvalue weighted by Gasteiger charge is -2.14. The van der Waals surface area contributed by atoms with E-state index in [1.54, 1.807) is 6.07 Å². The molecule has 1 amide bonds. The first-order valence-corrected chi connectivity index (χ1v) is 11.1. The number of anilines is 3. The van der Waals surface area contributed by atoms with Crippen LogP contribution in [-0.4, -0.2) is 44.1 Å². The van der Waals surface area contributed by atoms with Gasteiger partial charge in [0, 0.05) is 35.1 Å². The van der Waals surface area contributed by atoms with E-state index in [9.17, 15) is 22.4 Å². The molecule has 1 aliphatic rings. The molecular formula is C24H21F4N7O3. The second-order valence-corrected chi connectivity index (χ2v) is 8.60. The molecule has 0 saturated heterocycles. The molecule has 0 radical (unpaired) electrons. The van der Waals surface area contributed by atoms with Crippen molar-refractivity contribution in [3.63, 3.8) is 0 Å². The van der Waals surface area contributed by atoms with E-state index in [4.69, 9.17) is 13.4 Å². The van der Waals surface area contributed by atoms with Gasteiger partial charge in [0.2, 0.25) is 11.9 Å². The molecule has 2 N–H and O–H groups in total. The number of alkyl halides is 3. The molecule has 0 atom stereocenters. The number of carbonyl (C=O) groups is 1. The summed E-state index contributed by atoms with van der Waals surface area (Å²) in [6.07, 6.45) is -1.08. The van der Waals surface area contributed by atoms with Crippen LogP contribution in [0.15, 0.2) is 47.4 Å². The van der Waals surface area contributed by atoms with Crippen molar-refractivity contribution in [2.45, 2.75) is 30.9 Å². The minimum absolute atomic E-state index is 0.0210. The van der Waals surface area contributed by atoms with E-state index in [0.717, 1.165) is 10.7 Å². The molecule has 10 nitrogen and oxygen atoms in total. The molecule has 1 saturated carbocycles. The lowest BCUT2D eigenvalue weighted by molar-refractivity contribution is -0.165. The molecule has 198 valence electrons. The lowest BCUT2D eigenvalue weighted by atomic mass is 10.0. The number of hydrogen-bond donors (Lipinski definition) is 2. The van der Waals surface area contributed by atoms with E-state index < -0.39 is 36.7 Å². The zero-order valence-corrected chi connectivity index (χ0v) is 19.6. The van der Waals surface area contributed by atoms with Crippen LogP contribution in [0, 0.1) is 5.82 Å². The van der Waals surface area contributed by atoms with Crippen LogP contribution in [0.4, 0.5) is 35.0 Å². The van der Waals surface area contributed by atoms with Crippen LogP contribution < -0.4 is 15.4 Å². The Kier molecular flexibility index (Phi) is 5.35. The monoisotopic (exact) mass is 534 g/mol. The highest BCUT2D eigenvalue weighted by atomic mass is 19.4. The van der Waals surface area contributed by atoms with Gasteiger partial charge in [0.05, 0.1) is 19.7 Å². The van der Waals surface area contributed by atoms with Crippen molar-refractivity contribution in [3.8, 4) is 17.0 Å². The lowest BCUT2D eigenvalue weighted by Crippen LogP contribution is -2.28. The number of methoxy groups -OCH3 is 1. The Balaban J connectivity index is 1.22. The predicted molar refractivity (Wildman–Crippen MR) is 126 cm³/mol. The predicted octanol–water partition coefficient (Wildman–Crippen LogP) is 4.53. The van der Waals surface area contributed by atoms with Crippen LogP contribution in [0.25, 0.3) is 11.1 Å². The summed E-state index contributed by atoms with van der Waals surface area (Å²) in [6.45, 7) is -2.51. The molecule has 0 aliphatic heterocycles. The van der Waals surface area contributed by atoms with Crippen molar-refractivity contribution in [1.82, 2.24) is 24.9 Å². The van der Waals surface area contributed by atoms with E-state index in [0.29, 0.717) is 11.1 Å². The quantitative estimate of drug-likeness (QED) is 0.317. The standard InChI is InChI=1S/C24H21F4N7O3/c1-35-12-17(21(33-35)37-2)31-22-29-10-15(11-30-22)13-3-4-14(16(25)7-13)8-20(36)32-19-9-18(38-34-19)23(5-6-23)24(26,27)28/h3-4,7,9-12H,5-6,8H2,1-2H3,(H,29,30,31)(H,32,34,36)/i1D3. The second kappa shape index (κ2) is 9.43. The summed E-state index contributed by atoms with van der Waals surface area (Å²) in [7, 11) is 1.33. The van der Waals surface area contributed by atoms with E-state index in [-0.39, 0.29) is 47.5 Å². The fourth-order valence-corrected chi connectivity index (χ4v) is 3.84. The molecule has 0 unspecified atom stereocenters. The number of nitrogens with one attached hydrogen (secondary N) is 2. The third kappa shape index (κ3) is 4.88. The van der Waals surface area contributed by atoms with Gasteiger partial charge in [-0.3, -0.25) is 9.48 Å². The number of benzene rings is 1.